The largest absolute Gasteiger partial charge is 0.494 e. The van der Waals surface area contributed by atoms with Gasteiger partial charge in [-0.3, -0.25) is 14.4 Å². The lowest BCUT2D eigenvalue weighted by Gasteiger charge is -2.18. The lowest BCUT2D eigenvalue weighted by atomic mass is 10.0. The topological polar surface area (TPSA) is 123 Å². The molecule has 4 rings (SSSR count). The Balaban J connectivity index is 1.28. The number of carbonyl (C=O) groups is 4. The van der Waals surface area contributed by atoms with E-state index in [4.69, 9.17) is 14.2 Å². The van der Waals surface area contributed by atoms with Crippen molar-refractivity contribution in [2.24, 2.45) is 0 Å². The Bertz CT molecular complexity index is 1530. The van der Waals surface area contributed by atoms with E-state index in [0.29, 0.717) is 46.9 Å². The molecule has 2 N–H and O–H groups in total. The van der Waals surface area contributed by atoms with Gasteiger partial charge in [-0.25, -0.2) is 4.79 Å². The minimum atomic E-state index is -0.798. The van der Waals surface area contributed by atoms with E-state index < -0.39 is 17.9 Å². The molecule has 3 aromatic rings. The number of unbranched alkanes of at least 4 members (excludes halogenated alkanes) is 4. The molecule has 10 nitrogen and oxygen atoms in total. The van der Waals surface area contributed by atoms with Crippen LogP contribution in [0.15, 0.2) is 66.7 Å². The fourth-order valence-electron chi connectivity index (χ4n) is 5.63. The van der Waals surface area contributed by atoms with E-state index in [1.807, 2.05) is 0 Å². The summed E-state index contributed by atoms with van der Waals surface area (Å²) in [7, 11) is 1.47. The van der Waals surface area contributed by atoms with E-state index in [0.717, 1.165) is 32.5 Å². The van der Waals surface area contributed by atoms with Crippen LogP contribution in [-0.4, -0.2) is 67.9 Å². The van der Waals surface area contributed by atoms with Crippen LogP contribution in [0.25, 0.3) is 0 Å². The third-order valence-electron chi connectivity index (χ3n) is 8.56. The highest BCUT2D eigenvalue weighted by atomic mass is 16.6. The Kier molecular flexibility index (Phi) is 14.6. The summed E-state index contributed by atoms with van der Waals surface area (Å²) in [4.78, 5) is 53.1. The molecule has 0 aliphatic carbocycles. The maximum absolute atomic E-state index is 13.0. The molecule has 1 aliphatic heterocycles. The Labute approximate surface area is 289 Å². The number of Topliss-reactive ketones (excluding diaryl/α,β-unsaturated/α-hetero) is 1. The van der Waals surface area contributed by atoms with Crippen LogP contribution in [0.2, 0.25) is 0 Å². The maximum Gasteiger partial charge on any atom is 0.343 e. The molecule has 3 aromatic carbocycles. The molecular weight excluding hydrogens is 622 g/mol. The molecule has 1 saturated heterocycles. The number of ketones is 1. The normalized spacial score (nSPS) is 13.4. The number of nitrogens with one attached hydrogen (secondary N) is 2. The van der Waals surface area contributed by atoms with Crippen LogP contribution in [0.1, 0.15) is 91.5 Å². The quantitative estimate of drug-likeness (QED) is 0.0829. The second-order valence-corrected chi connectivity index (χ2v) is 12.4. The predicted octanol–water partition coefficient (Wildman–Crippen LogP) is 6.62. The van der Waals surface area contributed by atoms with Crippen molar-refractivity contribution in [1.29, 1.82) is 0 Å². The summed E-state index contributed by atoms with van der Waals surface area (Å²) in [6, 6.07) is 17.6. The van der Waals surface area contributed by atoms with E-state index in [2.05, 4.69) is 22.5 Å². The minimum Gasteiger partial charge on any atom is -0.494 e. The number of rotatable bonds is 19. The summed E-state index contributed by atoms with van der Waals surface area (Å²) < 4.78 is 16.9. The van der Waals surface area contributed by atoms with Crippen molar-refractivity contribution < 1.29 is 33.4 Å². The van der Waals surface area contributed by atoms with Gasteiger partial charge in [-0.05, 0) is 112 Å². The van der Waals surface area contributed by atoms with E-state index >= 15 is 0 Å². The Morgan fingerprint density at radius 3 is 2.20 bits per heavy atom. The van der Waals surface area contributed by atoms with E-state index in [1.165, 1.54) is 46.1 Å². The van der Waals surface area contributed by atoms with Crippen molar-refractivity contribution in [3.05, 3.63) is 83.4 Å². The number of esters is 1. The lowest BCUT2D eigenvalue weighted by molar-refractivity contribution is -0.119. The molecule has 10 heteroatoms. The van der Waals surface area contributed by atoms with E-state index in [1.54, 1.807) is 66.7 Å². The molecule has 49 heavy (non-hydrogen) atoms. The molecule has 0 aromatic heterocycles. The van der Waals surface area contributed by atoms with Crippen molar-refractivity contribution >= 4 is 29.3 Å². The van der Waals surface area contributed by atoms with Gasteiger partial charge in [-0.15, -0.1) is 0 Å². The summed E-state index contributed by atoms with van der Waals surface area (Å²) in [5.41, 5.74) is 2.05. The van der Waals surface area contributed by atoms with Crippen LogP contribution < -0.4 is 24.8 Å². The van der Waals surface area contributed by atoms with Crippen LogP contribution in [-0.2, 0) is 16.0 Å². The molecule has 0 bridgehead atoms. The summed E-state index contributed by atoms with van der Waals surface area (Å²) in [5, 5.41) is 5.69. The fraction of sp³-hybridized carbons (Fsp3) is 0.436. The number of methoxy groups -OCH3 is 1. The minimum absolute atomic E-state index is 0.0696. The SMILES string of the molecule is CCCCCCCOc1ccc(C(=O)Oc2ccc(CC(NC(=O)c3ccc(NC(=O)CCN4CCCC4)cc3)C(C)=O)cc2OC)cc1. The fourth-order valence-corrected chi connectivity index (χ4v) is 5.63. The van der Waals surface area contributed by atoms with Gasteiger partial charge in [-0.2, -0.15) is 0 Å². The average molecular weight is 672 g/mol. The first kappa shape index (κ1) is 37.1. The Morgan fingerprint density at radius 2 is 1.53 bits per heavy atom. The molecule has 2 amide bonds. The lowest BCUT2D eigenvalue weighted by Crippen LogP contribution is -2.41. The maximum atomic E-state index is 13.0. The Morgan fingerprint density at radius 1 is 0.837 bits per heavy atom. The number of hydrogen-bond donors (Lipinski definition) is 2. The number of ether oxygens (including phenoxy) is 3. The van der Waals surface area contributed by atoms with Gasteiger partial charge in [0.2, 0.25) is 5.91 Å². The van der Waals surface area contributed by atoms with Gasteiger partial charge in [0.1, 0.15) is 5.75 Å². The van der Waals surface area contributed by atoms with Gasteiger partial charge in [0.15, 0.2) is 17.3 Å². The van der Waals surface area contributed by atoms with Gasteiger partial charge in [0.25, 0.3) is 5.91 Å². The molecule has 1 heterocycles. The number of likely N-dealkylation sites (tertiary alicyclic amines) is 1. The van der Waals surface area contributed by atoms with E-state index in [9.17, 15) is 19.2 Å². The molecule has 0 spiro atoms. The van der Waals surface area contributed by atoms with Crippen molar-refractivity contribution in [3.8, 4) is 17.2 Å². The zero-order valence-corrected chi connectivity index (χ0v) is 28.9. The zero-order valence-electron chi connectivity index (χ0n) is 28.9. The molecule has 1 atom stereocenters. The highest BCUT2D eigenvalue weighted by Gasteiger charge is 2.21. The smallest absolute Gasteiger partial charge is 0.343 e. The molecule has 1 fully saturated rings. The van der Waals surface area contributed by atoms with Gasteiger partial charge in [0.05, 0.1) is 25.3 Å². The molecular formula is C39H49N3O7. The number of anilines is 1. The van der Waals surface area contributed by atoms with Crippen molar-refractivity contribution in [2.45, 2.75) is 77.7 Å². The number of nitrogens with zero attached hydrogens (tertiary/aromatic N) is 1. The first-order chi connectivity index (χ1) is 23.7. The van der Waals surface area contributed by atoms with E-state index in [-0.39, 0.29) is 23.9 Å². The van der Waals surface area contributed by atoms with Gasteiger partial charge >= 0.3 is 5.97 Å². The molecule has 0 radical (unpaired) electrons. The highest BCUT2D eigenvalue weighted by molar-refractivity contribution is 5.98. The van der Waals surface area contributed by atoms with Crippen LogP contribution in [0.5, 0.6) is 17.2 Å². The summed E-state index contributed by atoms with van der Waals surface area (Å²) in [5.74, 6) is 0.0150. The third kappa shape index (κ3) is 12.0. The third-order valence-corrected chi connectivity index (χ3v) is 8.56. The average Bonchev–Trinajstić information content (AvgIpc) is 3.63. The monoisotopic (exact) mass is 671 g/mol. The zero-order chi connectivity index (χ0) is 35.0. The van der Waals surface area contributed by atoms with Crippen LogP contribution >= 0.6 is 0 Å². The first-order valence-electron chi connectivity index (χ1n) is 17.3. The number of hydrogen-bond acceptors (Lipinski definition) is 8. The standard InChI is InChI=1S/C39H49N3O7/c1-4-5-6-7-10-25-48-33-18-14-31(15-19-33)39(46)49-35-20-11-29(27-36(35)47-3)26-34(28(2)43)41-38(45)30-12-16-32(17-13-30)40-37(44)21-24-42-22-8-9-23-42/h11-20,27,34H,4-10,21-26H2,1-3H3,(H,40,44)(H,41,45). The van der Waals surface area contributed by atoms with Crippen molar-refractivity contribution in [3.63, 3.8) is 0 Å². The molecule has 1 aliphatic rings. The van der Waals surface area contributed by atoms with Gasteiger partial charge < -0.3 is 29.7 Å². The summed E-state index contributed by atoms with van der Waals surface area (Å²) in [6.45, 7) is 7.06. The van der Waals surface area contributed by atoms with Crippen LogP contribution in [0, 0.1) is 0 Å². The van der Waals surface area contributed by atoms with Crippen molar-refractivity contribution in [1.82, 2.24) is 10.2 Å². The Hall–Kier alpha value is -4.70. The highest BCUT2D eigenvalue weighted by Crippen LogP contribution is 2.30. The molecule has 0 saturated carbocycles. The number of amides is 2. The van der Waals surface area contributed by atoms with Crippen molar-refractivity contribution in [2.75, 3.05) is 38.7 Å². The summed E-state index contributed by atoms with van der Waals surface area (Å²) >= 11 is 0. The predicted molar refractivity (Wildman–Crippen MR) is 190 cm³/mol. The number of carbonyl (C=O) groups excluding carboxylic acids is 4. The molecule has 262 valence electrons. The van der Waals surface area contributed by atoms with Crippen LogP contribution in [0.4, 0.5) is 5.69 Å². The van der Waals surface area contributed by atoms with Crippen LogP contribution in [0.3, 0.4) is 0 Å². The van der Waals surface area contributed by atoms with Gasteiger partial charge in [-0.1, -0.05) is 38.7 Å². The molecule has 1 unspecified atom stereocenters. The second-order valence-electron chi connectivity index (χ2n) is 12.4. The second kappa shape index (κ2) is 19.3. The van der Waals surface area contributed by atoms with Gasteiger partial charge in [0, 0.05) is 24.2 Å². The summed E-state index contributed by atoms with van der Waals surface area (Å²) in [6.07, 6.45) is 8.76. The number of benzene rings is 3. The first-order valence-corrected chi connectivity index (χ1v) is 17.3.